The molecule has 1 rings (SSSR count). The highest BCUT2D eigenvalue weighted by Crippen LogP contribution is 2.26. The maximum Gasteiger partial charge on any atom is 0.130 e. The Hall–Kier alpha value is -0.540. The molecule has 1 unspecified atom stereocenters. The van der Waals surface area contributed by atoms with Gasteiger partial charge < -0.3 is 5.73 Å². The van der Waals surface area contributed by atoms with Crippen molar-refractivity contribution in [2.75, 3.05) is 0 Å². The highest BCUT2D eigenvalue weighted by Gasteiger charge is 2.26. The molecule has 0 amide bonds. The monoisotopic (exact) mass is 229 g/mol. The van der Waals surface area contributed by atoms with E-state index < -0.39 is 0 Å². The maximum atomic E-state index is 6.24. The third-order valence-electron chi connectivity index (χ3n) is 3.15. The Bertz CT molecular complexity index is 353. The molecule has 1 heterocycles. The van der Waals surface area contributed by atoms with Crippen LogP contribution in [0, 0.1) is 12.8 Å². The summed E-state index contributed by atoms with van der Waals surface area (Å²) in [5.41, 5.74) is 8.04. The number of hydrogen-bond donors (Lipinski definition) is 1. The van der Waals surface area contributed by atoms with E-state index in [1.165, 1.54) is 0 Å². The van der Waals surface area contributed by atoms with E-state index in [1.54, 1.807) is 4.68 Å². The molecule has 0 aliphatic rings. The molecule has 0 spiro atoms. The average Bonchev–Trinajstić information content (AvgIpc) is 2.32. The van der Waals surface area contributed by atoms with Crippen molar-refractivity contribution in [1.29, 1.82) is 0 Å². The van der Waals surface area contributed by atoms with Gasteiger partial charge in [0.2, 0.25) is 0 Å². The lowest BCUT2D eigenvalue weighted by atomic mass is 9.84. The van der Waals surface area contributed by atoms with E-state index in [4.69, 9.17) is 17.3 Å². The zero-order valence-corrected chi connectivity index (χ0v) is 10.9. The molecule has 1 aromatic heterocycles. The van der Waals surface area contributed by atoms with Gasteiger partial charge in [-0.2, -0.15) is 5.10 Å². The molecule has 0 aliphatic carbocycles. The summed E-state index contributed by atoms with van der Waals surface area (Å²) in [5, 5.41) is 4.98. The Balaban J connectivity index is 2.99. The minimum Gasteiger partial charge on any atom is -0.325 e. The summed E-state index contributed by atoms with van der Waals surface area (Å²) in [4.78, 5) is 0. The summed E-state index contributed by atoms with van der Waals surface area (Å²) in [7, 11) is 1.85. The van der Waals surface area contributed by atoms with Gasteiger partial charge in [0.1, 0.15) is 5.15 Å². The van der Waals surface area contributed by atoms with Crippen molar-refractivity contribution in [1.82, 2.24) is 9.78 Å². The molecule has 3 nitrogen and oxygen atoms in total. The molecule has 0 aliphatic heterocycles. The van der Waals surface area contributed by atoms with Crippen LogP contribution in [0.2, 0.25) is 5.15 Å². The second-order valence-corrected chi connectivity index (χ2v) is 5.17. The Morgan fingerprint density at radius 1 is 1.53 bits per heavy atom. The highest BCUT2D eigenvalue weighted by molar-refractivity contribution is 6.30. The van der Waals surface area contributed by atoms with Crippen LogP contribution in [0.3, 0.4) is 0 Å². The van der Waals surface area contributed by atoms with Gasteiger partial charge in [0.15, 0.2) is 0 Å². The summed E-state index contributed by atoms with van der Waals surface area (Å²) in [6.45, 7) is 8.28. The van der Waals surface area contributed by atoms with Crippen LogP contribution in [0.25, 0.3) is 0 Å². The third kappa shape index (κ3) is 2.52. The molecule has 0 saturated heterocycles. The van der Waals surface area contributed by atoms with Gasteiger partial charge in [-0.25, -0.2) is 0 Å². The van der Waals surface area contributed by atoms with Gasteiger partial charge in [0.25, 0.3) is 0 Å². The lowest BCUT2D eigenvalue weighted by Crippen LogP contribution is -2.44. The quantitative estimate of drug-likeness (QED) is 0.865. The fraction of sp³-hybridized carbons (Fsp3) is 0.727. The first-order chi connectivity index (χ1) is 6.75. The molecule has 86 valence electrons. The topological polar surface area (TPSA) is 43.8 Å². The van der Waals surface area contributed by atoms with Crippen LogP contribution >= 0.6 is 11.6 Å². The van der Waals surface area contributed by atoms with Crippen LogP contribution in [0.4, 0.5) is 0 Å². The smallest absolute Gasteiger partial charge is 0.130 e. The standard InChI is InChI=1S/C11H20ClN3/c1-7(2)11(4,13)6-9-8(3)14-15(5)10(9)12/h7H,6,13H2,1-5H3. The third-order valence-corrected chi connectivity index (χ3v) is 3.62. The minimum atomic E-state index is -0.239. The van der Waals surface area contributed by atoms with Crippen LogP contribution in [0.1, 0.15) is 32.0 Å². The highest BCUT2D eigenvalue weighted by atomic mass is 35.5. The number of rotatable bonds is 3. The summed E-state index contributed by atoms with van der Waals surface area (Å²) >= 11 is 6.17. The molecule has 1 atom stereocenters. The van der Waals surface area contributed by atoms with Crippen molar-refractivity contribution in [3.8, 4) is 0 Å². The largest absolute Gasteiger partial charge is 0.325 e. The molecule has 0 bridgehead atoms. The lowest BCUT2D eigenvalue weighted by molar-refractivity contribution is 0.337. The zero-order chi connectivity index (χ0) is 11.8. The Labute approximate surface area is 96.6 Å². The van der Waals surface area contributed by atoms with Crippen molar-refractivity contribution in [2.45, 2.75) is 39.7 Å². The Morgan fingerprint density at radius 2 is 2.07 bits per heavy atom. The summed E-state index contributed by atoms with van der Waals surface area (Å²) < 4.78 is 1.70. The van der Waals surface area contributed by atoms with Gasteiger partial charge in [-0.15, -0.1) is 0 Å². The SMILES string of the molecule is Cc1nn(C)c(Cl)c1CC(C)(N)C(C)C. The Morgan fingerprint density at radius 3 is 2.40 bits per heavy atom. The van der Waals surface area contributed by atoms with Crippen molar-refractivity contribution >= 4 is 11.6 Å². The molecule has 0 fully saturated rings. The predicted molar refractivity (Wildman–Crippen MR) is 64.1 cm³/mol. The van der Waals surface area contributed by atoms with Gasteiger partial charge in [0.05, 0.1) is 5.69 Å². The molecule has 0 saturated carbocycles. The van der Waals surface area contributed by atoms with E-state index in [-0.39, 0.29) is 5.54 Å². The first-order valence-electron chi connectivity index (χ1n) is 5.22. The number of nitrogens with two attached hydrogens (primary N) is 1. The zero-order valence-electron chi connectivity index (χ0n) is 10.1. The van der Waals surface area contributed by atoms with Gasteiger partial charge in [-0.1, -0.05) is 25.4 Å². The van der Waals surface area contributed by atoms with Crippen LogP contribution in [0.15, 0.2) is 0 Å². The molecular formula is C11H20ClN3. The van der Waals surface area contributed by atoms with Crippen LogP contribution < -0.4 is 5.73 Å². The molecule has 0 radical (unpaired) electrons. The van der Waals surface area contributed by atoms with Gasteiger partial charge >= 0.3 is 0 Å². The van der Waals surface area contributed by atoms with E-state index >= 15 is 0 Å². The molecule has 1 aromatic rings. The van der Waals surface area contributed by atoms with Gasteiger partial charge in [0, 0.05) is 18.2 Å². The number of hydrogen-bond acceptors (Lipinski definition) is 2. The fourth-order valence-corrected chi connectivity index (χ4v) is 1.70. The van der Waals surface area contributed by atoms with Crippen LogP contribution in [0.5, 0.6) is 0 Å². The fourth-order valence-electron chi connectivity index (χ4n) is 1.46. The second kappa shape index (κ2) is 4.14. The number of nitrogens with zero attached hydrogens (tertiary/aromatic N) is 2. The van der Waals surface area contributed by atoms with Crippen LogP contribution in [-0.2, 0) is 13.5 Å². The number of aryl methyl sites for hydroxylation is 2. The van der Waals surface area contributed by atoms with Crippen molar-refractivity contribution < 1.29 is 0 Å². The Kier molecular flexibility index (Phi) is 3.46. The first kappa shape index (κ1) is 12.5. The number of aromatic nitrogens is 2. The lowest BCUT2D eigenvalue weighted by Gasteiger charge is -2.29. The van der Waals surface area contributed by atoms with Gasteiger partial charge in [-0.05, 0) is 26.2 Å². The van der Waals surface area contributed by atoms with E-state index in [2.05, 4.69) is 25.9 Å². The normalized spacial score (nSPS) is 15.7. The molecule has 15 heavy (non-hydrogen) atoms. The second-order valence-electron chi connectivity index (χ2n) is 4.82. The molecule has 2 N–H and O–H groups in total. The minimum absolute atomic E-state index is 0.239. The molecular weight excluding hydrogens is 210 g/mol. The first-order valence-corrected chi connectivity index (χ1v) is 5.60. The van der Waals surface area contributed by atoms with E-state index in [0.717, 1.165) is 17.7 Å². The van der Waals surface area contributed by atoms with Crippen molar-refractivity contribution in [2.24, 2.45) is 18.7 Å². The van der Waals surface area contributed by atoms with Crippen LogP contribution in [-0.4, -0.2) is 15.3 Å². The summed E-state index contributed by atoms with van der Waals surface area (Å²) in [6.07, 6.45) is 0.767. The maximum absolute atomic E-state index is 6.24. The summed E-state index contributed by atoms with van der Waals surface area (Å²) in [5.74, 6) is 0.410. The van der Waals surface area contributed by atoms with E-state index in [1.807, 2.05) is 14.0 Å². The average molecular weight is 230 g/mol. The van der Waals surface area contributed by atoms with E-state index in [9.17, 15) is 0 Å². The molecule has 4 heteroatoms. The predicted octanol–water partition coefficient (Wildman–Crippen LogP) is 2.30. The van der Waals surface area contributed by atoms with E-state index in [0.29, 0.717) is 11.1 Å². The van der Waals surface area contributed by atoms with Crippen molar-refractivity contribution in [3.05, 3.63) is 16.4 Å². The van der Waals surface area contributed by atoms with Gasteiger partial charge in [-0.3, -0.25) is 4.68 Å². The summed E-state index contributed by atoms with van der Waals surface area (Å²) in [6, 6.07) is 0. The molecule has 0 aromatic carbocycles. The number of halogens is 1. The van der Waals surface area contributed by atoms with Crippen molar-refractivity contribution in [3.63, 3.8) is 0 Å².